The highest BCUT2D eigenvalue weighted by atomic mass is 28.3. The summed E-state index contributed by atoms with van der Waals surface area (Å²) in [6.07, 6.45) is 0. The Hall–Kier alpha value is -1.39. The molecule has 126 valence electrons. The summed E-state index contributed by atoms with van der Waals surface area (Å²) in [5.41, 5.74) is 5.62. The zero-order chi connectivity index (χ0) is 17.5. The SMILES string of the molecule is CC(C)[Si]1(C)C=C(c2ccccc2)[Si](C)(C(C)C)c2ccccc21. The summed E-state index contributed by atoms with van der Waals surface area (Å²) < 4.78 is 0. The lowest BCUT2D eigenvalue weighted by Gasteiger charge is -2.46. The molecular formula is C22H30Si2. The van der Waals surface area contributed by atoms with Crippen molar-refractivity contribution in [3.05, 3.63) is 65.9 Å². The highest BCUT2D eigenvalue weighted by Gasteiger charge is 2.48. The van der Waals surface area contributed by atoms with E-state index in [0.29, 0.717) is 11.1 Å². The molecule has 0 saturated heterocycles. The van der Waals surface area contributed by atoms with Crippen LogP contribution in [0.2, 0.25) is 24.2 Å². The van der Waals surface area contributed by atoms with Crippen LogP contribution < -0.4 is 10.4 Å². The number of hydrogen-bond acceptors (Lipinski definition) is 0. The molecule has 0 bridgehead atoms. The Bertz CT molecular complexity index is 761. The summed E-state index contributed by atoms with van der Waals surface area (Å²) in [4.78, 5) is 0. The van der Waals surface area contributed by atoms with E-state index in [-0.39, 0.29) is 0 Å². The Balaban J connectivity index is 2.36. The molecule has 0 nitrogen and oxygen atoms in total. The smallest absolute Gasteiger partial charge is 0.0896 e. The fourth-order valence-electron chi connectivity index (χ4n) is 4.18. The maximum Gasteiger partial charge on any atom is 0.117 e. The average molecular weight is 351 g/mol. The molecule has 3 rings (SSSR count). The molecule has 0 amide bonds. The van der Waals surface area contributed by atoms with Gasteiger partial charge in [0.25, 0.3) is 0 Å². The number of fused-ring (bicyclic) bond motifs is 1. The van der Waals surface area contributed by atoms with E-state index in [9.17, 15) is 0 Å². The molecule has 0 N–H and O–H groups in total. The van der Waals surface area contributed by atoms with Gasteiger partial charge in [0, 0.05) is 0 Å². The molecule has 0 spiro atoms. The largest absolute Gasteiger partial charge is 0.117 e. The van der Waals surface area contributed by atoms with Crippen LogP contribution in [0.1, 0.15) is 33.3 Å². The third kappa shape index (κ3) is 2.47. The van der Waals surface area contributed by atoms with Crippen LogP contribution >= 0.6 is 0 Å². The second-order valence-electron chi connectivity index (χ2n) is 8.26. The maximum absolute atomic E-state index is 2.77. The first-order valence-corrected chi connectivity index (χ1v) is 14.4. The van der Waals surface area contributed by atoms with Crippen molar-refractivity contribution < 1.29 is 0 Å². The molecule has 1 aliphatic rings. The Kier molecular flexibility index (Phi) is 4.48. The molecule has 1 heterocycles. The van der Waals surface area contributed by atoms with Crippen LogP contribution in [0, 0.1) is 0 Å². The van der Waals surface area contributed by atoms with Crippen LogP contribution in [0.4, 0.5) is 0 Å². The topological polar surface area (TPSA) is 0 Å². The maximum atomic E-state index is 2.77. The minimum Gasteiger partial charge on any atom is -0.0896 e. The summed E-state index contributed by atoms with van der Waals surface area (Å²) in [5.74, 6) is 0. The van der Waals surface area contributed by atoms with E-state index < -0.39 is 16.1 Å². The van der Waals surface area contributed by atoms with Crippen LogP contribution in [-0.2, 0) is 0 Å². The van der Waals surface area contributed by atoms with E-state index >= 15 is 0 Å². The standard InChI is InChI=1S/C22H30Si2/c1-17(2)23(5)16-22(19-12-8-7-9-13-19)24(6,18(3)4)21-15-11-10-14-20(21)23/h7-18H,1-6H3. The van der Waals surface area contributed by atoms with Gasteiger partial charge in [0.15, 0.2) is 0 Å². The van der Waals surface area contributed by atoms with E-state index in [2.05, 4.69) is 101 Å². The van der Waals surface area contributed by atoms with E-state index in [0.717, 1.165) is 0 Å². The molecule has 2 unspecified atom stereocenters. The van der Waals surface area contributed by atoms with Gasteiger partial charge in [-0.1, -0.05) is 117 Å². The first-order chi connectivity index (χ1) is 11.3. The number of hydrogen-bond donors (Lipinski definition) is 0. The summed E-state index contributed by atoms with van der Waals surface area (Å²) >= 11 is 0. The fraction of sp³-hybridized carbons (Fsp3) is 0.364. The van der Waals surface area contributed by atoms with E-state index in [1.54, 1.807) is 15.6 Å². The molecule has 2 aromatic rings. The minimum absolute atomic E-state index is 0.691. The van der Waals surface area contributed by atoms with Gasteiger partial charge in [-0.25, -0.2) is 0 Å². The van der Waals surface area contributed by atoms with E-state index in [1.165, 1.54) is 5.56 Å². The van der Waals surface area contributed by atoms with Crippen LogP contribution in [0.5, 0.6) is 0 Å². The van der Waals surface area contributed by atoms with E-state index in [1.807, 2.05) is 0 Å². The predicted octanol–water partition coefficient (Wildman–Crippen LogP) is 5.25. The molecule has 24 heavy (non-hydrogen) atoms. The van der Waals surface area contributed by atoms with Crippen LogP contribution in [0.25, 0.3) is 5.20 Å². The molecule has 2 heteroatoms. The van der Waals surface area contributed by atoms with Gasteiger partial charge in [-0.2, -0.15) is 0 Å². The second-order valence-corrected chi connectivity index (χ2v) is 17.4. The number of benzene rings is 2. The first kappa shape index (κ1) is 17.4. The lowest BCUT2D eigenvalue weighted by molar-refractivity contribution is 1.02. The third-order valence-electron chi connectivity index (χ3n) is 6.51. The van der Waals surface area contributed by atoms with Gasteiger partial charge in [-0.05, 0) is 16.6 Å². The van der Waals surface area contributed by atoms with Crippen molar-refractivity contribution in [1.82, 2.24) is 0 Å². The van der Waals surface area contributed by atoms with Gasteiger partial charge in [-0.15, -0.1) is 0 Å². The predicted molar refractivity (Wildman–Crippen MR) is 114 cm³/mol. The number of rotatable bonds is 3. The van der Waals surface area contributed by atoms with Crippen molar-refractivity contribution in [2.24, 2.45) is 0 Å². The van der Waals surface area contributed by atoms with E-state index in [4.69, 9.17) is 0 Å². The van der Waals surface area contributed by atoms with Gasteiger partial charge < -0.3 is 0 Å². The molecule has 0 radical (unpaired) electrons. The van der Waals surface area contributed by atoms with Gasteiger partial charge in [-0.3, -0.25) is 0 Å². The highest BCUT2D eigenvalue weighted by Crippen LogP contribution is 2.40. The van der Waals surface area contributed by atoms with Gasteiger partial charge in [0.05, 0.1) is 0 Å². The van der Waals surface area contributed by atoms with Gasteiger partial charge in [0.2, 0.25) is 0 Å². The highest BCUT2D eigenvalue weighted by molar-refractivity contribution is 7.15. The first-order valence-electron chi connectivity index (χ1n) is 9.20. The summed E-state index contributed by atoms with van der Waals surface area (Å²) in [6, 6.07) is 20.6. The van der Waals surface area contributed by atoms with Gasteiger partial charge in [0.1, 0.15) is 16.1 Å². The Labute approximate surface area is 149 Å². The Morgan fingerprint density at radius 2 is 1.21 bits per heavy atom. The Morgan fingerprint density at radius 3 is 1.75 bits per heavy atom. The summed E-state index contributed by atoms with van der Waals surface area (Å²) in [5, 5.41) is 5.08. The average Bonchev–Trinajstić information content (AvgIpc) is 2.58. The molecule has 0 aromatic heterocycles. The van der Waals surface area contributed by atoms with Crippen LogP contribution in [0.15, 0.2) is 60.3 Å². The zero-order valence-corrected chi connectivity index (χ0v) is 17.9. The van der Waals surface area contributed by atoms with Crippen molar-refractivity contribution in [3.8, 4) is 0 Å². The van der Waals surface area contributed by atoms with Crippen LogP contribution in [0.3, 0.4) is 0 Å². The third-order valence-corrected chi connectivity index (χ3v) is 17.3. The second kappa shape index (κ2) is 6.16. The van der Waals surface area contributed by atoms with Crippen molar-refractivity contribution in [2.75, 3.05) is 0 Å². The van der Waals surface area contributed by atoms with Gasteiger partial charge >= 0.3 is 0 Å². The normalized spacial score (nSPS) is 26.4. The molecular weight excluding hydrogens is 320 g/mol. The lowest BCUT2D eigenvalue weighted by Crippen LogP contribution is -2.67. The molecule has 0 saturated carbocycles. The minimum atomic E-state index is -1.74. The van der Waals surface area contributed by atoms with Crippen molar-refractivity contribution in [2.45, 2.75) is 51.9 Å². The molecule has 0 fully saturated rings. The van der Waals surface area contributed by atoms with Crippen LogP contribution in [-0.4, -0.2) is 16.1 Å². The zero-order valence-electron chi connectivity index (χ0n) is 15.9. The fourth-order valence-corrected chi connectivity index (χ4v) is 14.2. The lowest BCUT2D eigenvalue weighted by atomic mass is 10.2. The molecule has 0 aliphatic carbocycles. The molecule has 2 aromatic carbocycles. The monoisotopic (exact) mass is 350 g/mol. The quantitative estimate of drug-likeness (QED) is 0.663. The molecule has 1 aliphatic heterocycles. The van der Waals surface area contributed by atoms with Crippen molar-refractivity contribution >= 4 is 31.7 Å². The summed E-state index contributed by atoms with van der Waals surface area (Å²) in [6.45, 7) is 14.8. The van der Waals surface area contributed by atoms with Crippen molar-refractivity contribution in [3.63, 3.8) is 0 Å². The van der Waals surface area contributed by atoms with Crippen molar-refractivity contribution in [1.29, 1.82) is 0 Å². The molecule has 2 atom stereocenters. The Morgan fingerprint density at radius 1 is 0.667 bits per heavy atom. The summed E-state index contributed by atoms with van der Waals surface area (Å²) in [7, 11) is -3.39.